The van der Waals surface area contributed by atoms with E-state index in [1.54, 1.807) is 30.5 Å². The molecule has 7 heteroatoms. The van der Waals surface area contributed by atoms with Crippen molar-refractivity contribution in [3.63, 3.8) is 0 Å². The van der Waals surface area contributed by atoms with E-state index in [1.165, 1.54) is 0 Å². The molecule has 1 aliphatic heterocycles. The second-order valence-corrected chi connectivity index (χ2v) is 7.56. The van der Waals surface area contributed by atoms with Crippen LogP contribution in [0.15, 0.2) is 45.8 Å². The average molecular weight is 438 g/mol. The lowest BCUT2D eigenvalue weighted by Crippen LogP contribution is -2.23. The molecule has 0 bridgehead atoms. The Balaban J connectivity index is 1.85. The average Bonchev–Trinajstić information content (AvgIpc) is 2.97. The first-order valence-electron chi connectivity index (χ1n) is 7.56. The van der Waals surface area contributed by atoms with E-state index in [9.17, 15) is 9.59 Å². The Morgan fingerprint density at radius 2 is 1.92 bits per heavy atom. The molecule has 0 aliphatic carbocycles. The number of carbonyl (C=O) groups excluding carboxylic acids is 1. The minimum atomic E-state index is -0.529. The second-order valence-electron chi connectivity index (χ2n) is 5.83. The van der Waals surface area contributed by atoms with Gasteiger partial charge in [0.2, 0.25) is 5.43 Å². The summed E-state index contributed by atoms with van der Waals surface area (Å²) in [5.41, 5.74) is 2.04. The van der Waals surface area contributed by atoms with Crippen LogP contribution in [0, 0.1) is 0 Å². The van der Waals surface area contributed by atoms with Crippen LogP contribution in [-0.2, 0) is 13.0 Å². The highest BCUT2D eigenvalue weighted by molar-refractivity contribution is 9.10. The van der Waals surface area contributed by atoms with E-state index in [4.69, 9.17) is 23.2 Å². The number of hydrogen-bond donors (Lipinski definition) is 1. The largest absolute Gasteiger partial charge is 0.346 e. The number of anilines is 1. The smallest absolute Gasteiger partial charge is 0.261 e. The van der Waals surface area contributed by atoms with Gasteiger partial charge >= 0.3 is 0 Å². The summed E-state index contributed by atoms with van der Waals surface area (Å²) in [4.78, 5) is 25.6. The van der Waals surface area contributed by atoms with Gasteiger partial charge in [0.15, 0.2) is 0 Å². The molecular weight excluding hydrogens is 427 g/mol. The summed E-state index contributed by atoms with van der Waals surface area (Å²) in [6.07, 6.45) is 2.44. The third kappa shape index (κ3) is 2.76. The van der Waals surface area contributed by atoms with Crippen molar-refractivity contribution in [2.24, 2.45) is 0 Å². The lowest BCUT2D eigenvalue weighted by molar-refractivity contribution is 0.102. The number of benzene rings is 2. The molecule has 0 spiro atoms. The molecule has 1 aliphatic rings. The lowest BCUT2D eigenvalue weighted by atomic mass is 10.1. The molecule has 4 rings (SSSR count). The zero-order chi connectivity index (χ0) is 17.7. The normalized spacial score (nSPS) is 12.6. The topological polar surface area (TPSA) is 51.1 Å². The molecule has 0 saturated heterocycles. The van der Waals surface area contributed by atoms with Gasteiger partial charge in [0.25, 0.3) is 5.91 Å². The van der Waals surface area contributed by atoms with Crippen molar-refractivity contribution in [1.29, 1.82) is 0 Å². The number of rotatable bonds is 2. The Morgan fingerprint density at radius 3 is 2.64 bits per heavy atom. The number of aryl methyl sites for hydroxylation is 2. The van der Waals surface area contributed by atoms with Gasteiger partial charge in [-0.3, -0.25) is 9.59 Å². The van der Waals surface area contributed by atoms with E-state index < -0.39 is 5.91 Å². The molecule has 4 nitrogen and oxygen atoms in total. The SMILES string of the molecule is O=C(Nc1c(Cl)cccc1Cl)c1cn2c3c(cc(Br)cc3c1=O)CC2. The third-order valence-electron chi connectivity index (χ3n) is 4.28. The maximum Gasteiger partial charge on any atom is 0.261 e. The van der Waals surface area contributed by atoms with Crippen molar-refractivity contribution in [3.8, 4) is 0 Å². The Labute approximate surface area is 161 Å². The molecule has 2 heterocycles. The molecular formula is C18H11BrCl2N2O2. The molecule has 25 heavy (non-hydrogen) atoms. The third-order valence-corrected chi connectivity index (χ3v) is 5.37. The fraction of sp³-hybridized carbons (Fsp3) is 0.111. The molecule has 3 aromatic rings. The number of para-hydroxylation sites is 1. The van der Waals surface area contributed by atoms with Crippen LogP contribution < -0.4 is 10.7 Å². The van der Waals surface area contributed by atoms with E-state index in [1.807, 2.05) is 10.6 Å². The summed E-state index contributed by atoms with van der Waals surface area (Å²) >= 11 is 15.6. The van der Waals surface area contributed by atoms with Gasteiger partial charge in [-0.2, -0.15) is 0 Å². The molecule has 1 amide bonds. The molecule has 1 aromatic heterocycles. The zero-order valence-electron chi connectivity index (χ0n) is 12.8. The van der Waals surface area contributed by atoms with Gasteiger partial charge in [0.05, 0.1) is 21.2 Å². The number of hydrogen-bond acceptors (Lipinski definition) is 2. The predicted octanol–water partition coefficient (Wildman–Crippen LogP) is 4.88. The molecule has 0 fully saturated rings. The Morgan fingerprint density at radius 1 is 1.20 bits per heavy atom. The number of nitrogens with zero attached hydrogens (tertiary/aromatic N) is 1. The summed E-state index contributed by atoms with van der Waals surface area (Å²) in [5.74, 6) is -0.529. The van der Waals surface area contributed by atoms with Crippen LogP contribution in [0.1, 0.15) is 15.9 Å². The lowest BCUT2D eigenvalue weighted by Gasteiger charge is -2.11. The number of aromatic nitrogens is 1. The first-order valence-corrected chi connectivity index (χ1v) is 9.11. The van der Waals surface area contributed by atoms with Crippen molar-refractivity contribution >= 4 is 61.6 Å². The molecule has 0 radical (unpaired) electrons. The van der Waals surface area contributed by atoms with Gasteiger partial charge in [-0.05, 0) is 36.2 Å². The molecule has 126 valence electrons. The standard InChI is InChI=1S/C18H11BrCl2N2O2/c19-10-6-9-4-5-23-8-12(17(24)11(7-10)16(9)23)18(25)22-15-13(20)2-1-3-14(15)21/h1-3,6-8H,4-5H2,(H,22,25). The predicted molar refractivity (Wildman–Crippen MR) is 104 cm³/mol. The van der Waals surface area contributed by atoms with Gasteiger partial charge in [-0.25, -0.2) is 0 Å². The quantitative estimate of drug-likeness (QED) is 0.621. The number of nitrogens with one attached hydrogen (secondary N) is 1. The molecule has 2 aromatic carbocycles. The van der Waals surface area contributed by atoms with Crippen LogP contribution in [0.4, 0.5) is 5.69 Å². The van der Waals surface area contributed by atoms with Gasteiger partial charge in [-0.15, -0.1) is 0 Å². The summed E-state index contributed by atoms with van der Waals surface area (Å²) in [5, 5.41) is 3.81. The van der Waals surface area contributed by atoms with Crippen molar-refractivity contribution < 1.29 is 4.79 Å². The van der Waals surface area contributed by atoms with Crippen LogP contribution >= 0.6 is 39.1 Å². The van der Waals surface area contributed by atoms with Crippen LogP contribution in [0.3, 0.4) is 0 Å². The first-order chi connectivity index (χ1) is 12.0. The van der Waals surface area contributed by atoms with E-state index in [2.05, 4.69) is 21.2 Å². The minimum absolute atomic E-state index is 0.0643. The van der Waals surface area contributed by atoms with Gasteiger partial charge in [0.1, 0.15) is 5.56 Å². The maximum atomic E-state index is 12.9. The highest BCUT2D eigenvalue weighted by atomic mass is 79.9. The number of halogens is 3. The zero-order valence-corrected chi connectivity index (χ0v) is 15.9. The number of pyridine rings is 1. The van der Waals surface area contributed by atoms with Gasteiger partial charge in [0, 0.05) is 22.6 Å². The van der Waals surface area contributed by atoms with E-state index >= 15 is 0 Å². The van der Waals surface area contributed by atoms with E-state index in [-0.39, 0.29) is 11.0 Å². The fourth-order valence-electron chi connectivity index (χ4n) is 3.16. The molecule has 0 unspecified atom stereocenters. The number of carbonyl (C=O) groups is 1. The molecule has 1 N–H and O–H groups in total. The van der Waals surface area contributed by atoms with Gasteiger partial charge < -0.3 is 9.88 Å². The second kappa shape index (κ2) is 6.16. The van der Waals surface area contributed by atoms with Crippen molar-refractivity contribution in [3.05, 3.63) is 72.4 Å². The first kappa shape index (κ1) is 16.6. The van der Waals surface area contributed by atoms with Gasteiger partial charge in [-0.1, -0.05) is 45.2 Å². The van der Waals surface area contributed by atoms with Crippen LogP contribution in [0.2, 0.25) is 10.0 Å². The number of amides is 1. The minimum Gasteiger partial charge on any atom is -0.346 e. The molecule has 0 saturated carbocycles. The van der Waals surface area contributed by atoms with E-state index in [0.29, 0.717) is 21.1 Å². The highest BCUT2D eigenvalue weighted by Gasteiger charge is 2.22. The summed E-state index contributed by atoms with van der Waals surface area (Å²) in [6, 6.07) is 8.69. The summed E-state index contributed by atoms with van der Waals surface area (Å²) in [7, 11) is 0. The Bertz CT molecular complexity index is 1090. The summed E-state index contributed by atoms with van der Waals surface area (Å²) < 4.78 is 2.77. The van der Waals surface area contributed by atoms with Crippen LogP contribution in [0.25, 0.3) is 10.9 Å². The fourth-order valence-corrected chi connectivity index (χ4v) is 4.16. The Hall–Kier alpha value is -1.82. The van der Waals surface area contributed by atoms with Crippen LogP contribution in [-0.4, -0.2) is 10.5 Å². The van der Waals surface area contributed by atoms with E-state index in [0.717, 1.165) is 28.5 Å². The highest BCUT2D eigenvalue weighted by Crippen LogP contribution is 2.31. The molecule has 0 atom stereocenters. The monoisotopic (exact) mass is 436 g/mol. The Kier molecular flexibility index (Phi) is 4.10. The summed E-state index contributed by atoms with van der Waals surface area (Å²) in [6.45, 7) is 0.732. The maximum absolute atomic E-state index is 12.9. The van der Waals surface area contributed by atoms with Crippen molar-refractivity contribution in [2.75, 3.05) is 5.32 Å². The van der Waals surface area contributed by atoms with Crippen molar-refractivity contribution in [2.45, 2.75) is 13.0 Å². The van der Waals surface area contributed by atoms with Crippen LogP contribution in [0.5, 0.6) is 0 Å². The van der Waals surface area contributed by atoms with Crippen molar-refractivity contribution in [1.82, 2.24) is 4.57 Å².